The van der Waals surface area contributed by atoms with Crippen molar-refractivity contribution >= 4 is 11.8 Å². The molecule has 1 saturated heterocycles. The number of amides is 2. The van der Waals surface area contributed by atoms with Gasteiger partial charge in [0.15, 0.2) is 5.76 Å². The quantitative estimate of drug-likeness (QED) is 0.771. The van der Waals surface area contributed by atoms with Gasteiger partial charge in [0.2, 0.25) is 0 Å². The Kier molecular flexibility index (Phi) is 4.74. The fourth-order valence-electron chi connectivity index (χ4n) is 3.38. The molecule has 7 heteroatoms. The molecule has 2 amide bonds. The van der Waals surface area contributed by atoms with E-state index in [9.17, 15) is 9.59 Å². The molecule has 3 heterocycles. The average molecular weight is 364 g/mol. The lowest BCUT2D eigenvalue weighted by Gasteiger charge is -2.32. The number of piperidine rings is 1. The molecule has 4 rings (SSSR count). The van der Waals surface area contributed by atoms with Gasteiger partial charge in [0, 0.05) is 31.5 Å². The summed E-state index contributed by atoms with van der Waals surface area (Å²) in [4.78, 5) is 27.1. The monoisotopic (exact) mass is 364 g/mol. The molecule has 3 aromatic rings. The van der Waals surface area contributed by atoms with E-state index in [-0.39, 0.29) is 17.9 Å². The molecule has 27 heavy (non-hydrogen) atoms. The van der Waals surface area contributed by atoms with Crippen LogP contribution in [0.15, 0.2) is 65.5 Å². The van der Waals surface area contributed by atoms with Gasteiger partial charge in [-0.2, -0.15) is 5.10 Å². The zero-order valence-electron chi connectivity index (χ0n) is 14.7. The van der Waals surface area contributed by atoms with Gasteiger partial charge >= 0.3 is 0 Å². The maximum atomic E-state index is 12.9. The predicted molar refractivity (Wildman–Crippen MR) is 98.7 cm³/mol. The predicted octanol–water partition coefficient (Wildman–Crippen LogP) is 2.50. The molecule has 1 aliphatic rings. The summed E-state index contributed by atoms with van der Waals surface area (Å²) in [6.07, 6.45) is 6.63. The number of hydrogen-bond acceptors (Lipinski definition) is 4. The van der Waals surface area contributed by atoms with Gasteiger partial charge in [0.25, 0.3) is 11.8 Å². The Morgan fingerprint density at radius 2 is 2.04 bits per heavy atom. The molecule has 1 N–H and O–H groups in total. The van der Waals surface area contributed by atoms with E-state index in [4.69, 9.17) is 4.42 Å². The third-order valence-electron chi connectivity index (χ3n) is 4.68. The van der Waals surface area contributed by atoms with Crippen LogP contribution < -0.4 is 5.32 Å². The molecule has 1 aliphatic heterocycles. The summed E-state index contributed by atoms with van der Waals surface area (Å²) in [5.41, 5.74) is 1.27. The normalized spacial score (nSPS) is 16.9. The Balaban J connectivity index is 1.46. The minimum atomic E-state index is -0.168. The first-order chi connectivity index (χ1) is 13.2. The maximum absolute atomic E-state index is 12.9. The van der Waals surface area contributed by atoms with Crippen molar-refractivity contribution in [1.29, 1.82) is 0 Å². The summed E-state index contributed by atoms with van der Waals surface area (Å²) < 4.78 is 6.87. The standard InChI is InChI=1S/C20H20N4O3/c25-19(16-7-1-2-8-17(16)24-12-5-10-21-24)22-15-6-3-11-23(14-15)20(26)18-9-4-13-27-18/h1-2,4-5,7-10,12-13,15H,3,6,11,14H2,(H,22,25). The molecule has 0 aliphatic carbocycles. The first-order valence-corrected chi connectivity index (χ1v) is 8.95. The lowest BCUT2D eigenvalue weighted by molar-refractivity contribution is 0.0647. The third kappa shape index (κ3) is 3.62. The number of rotatable bonds is 4. The largest absolute Gasteiger partial charge is 0.459 e. The second kappa shape index (κ2) is 7.49. The number of carbonyl (C=O) groups is 2. The van der Waals surface area contributed by atoms with Gasteiger partial charge in [0.1, 0.15) is 0 Å². The number of hydrogen-bond donors (Lipinski definition) is 1. The molecule has 0 spiro atoms. The van der Waals surface area contributed by atoms with Gasteiger partial charge in [0.05, 0.1) is 17.5 Å². The summed E-state index contributed by atoms with van der Waals surface area (Å²) in [5.74, 6) is 0.0142. The van der Waals surface area contributed by atoms with Crippen molar-refractivity contribution in [2.24, 2.45) is 0 Å². The molecule has 7 nitrogen and oxygen atoms in total. The highest BCUT2D eigenvalue weighted by Crippen LogP contribution is 2.17. The fraction of sp³-hybridized carbons (Fsp3) is 0.250. The molecule has 0 saturated carbocycles. The Morgan fingerprint density at radius 3 is 2.81 bits per heavy atom. The zero-order valence-corrected chi connectivity index (χ0v) is 14.7. The lowest BCUT2D eigenvalue weighted by Crippen LogP contribution is -2.49. The molecule has 2 aromatic heterocycles. The van der Waals surface area contributed by atoms with E-state index in [0.29, 0.717) is 24.4 Å². The van der Waals surface area contributed by atoms with E-state index in [2.05, 4.69) is 10.4 Å². The lowest BCUT2D eigenvalue weighted by atomic mass is 10.0. The van der Waals surface area contributed by atoms with Crippen LogP contribution in [-0.4, -0.2) is 45.6 Å². The molecule has 1 unspecified atom stereocenters. The molecular formula is C20H20N4O3. The summed E-state index contributed by atoms with van der Waals surface area (Å²) >= 11 is 0. The number of benzene rings is 1. The van der Waals surface area contributed by atoms with E-state index in [1.165, 1.54) is 6.26 Å². The Hall–Kier alpha value is -3.35. The minimum Gasteiger partial charge on any atom is -0.459 e. The number of aromatic nitrogens is 2. The van der Waals surface area contributed by atoms with Crippen molar-refractivity contribution in [3.8, 4) is 5.69 Å². The van der Waals surface area contributed by atoms with E-state index < -0.39 is 0 Å². The second-order valence-electron chi connectivity index (χ2n) is 6.51. The number of likely N-dealkylation sites (tertiary alicyclic amines) is 1. The van der Waals surface area contributed by atoms with Crippen molar-refractivity contribution < 1.29 is 14.0 Å². The van der Waals surface area contributed by atoms with Crippen LogP contribution in [-0.2, 0) is 0 Å². The Morgan fingerprint density at radius 1 is 1.15 bits per heavy atom. The van der Waals surface area contributed by atoms with Gasteiger partial charge in [-0.25, -0.2) is 4.68 Å². The number of nitrogens with zero attached hydrogens (tertiary/aromatic N) is 3. The number of nitrogens with one attached hydrogen (secondary N) is 1. The minimum absolute atomic E-state index is 0.101. The second-order valence-corrected chi connectivity index (χ2v) is 6.51. The summed E-state index contributed by atoms with van der Waals surface area (Å²) in [6.45, 7) is 1.13. The van der Waals surface area contributed by atoms with Crippen molar-refractivity contribution in [2.75, 3.05) is 13.1 Å². The van der Waals surface area contributed by atoms with Gasteiger partial charge in [-0.05, 0) is 43.2 Å². The Labute approximate surface area is 156 Å². The molecule has 0 bridgehead atoms. The number of carbonyl (C=O) groups excluding carboxylic acids is 2. The van der Waals surface area contributed by atoms with Crippen LogP contribution in [0.5, 0.6) is 0 Å². The summed E-state index contributed by atoms with van der Waals surface area (Å²) in [7, 11) is 0. The molecule has 1 aromatic carbocycles. The third-order valence-corrected chi connectivity index (χ3v) is 4.68. The van der Waals surface area contributed by atoms with Crippen LogP contribution in [0.1, 0.15) is 33.8 Å². The van der Waals surface area contributed by atoms with Crippen molar-refractivity contribution in [3.63, 3.8) is 0 Å². The zero-order chi connectivity index (χ0) is 18.6. The highest BCUT2D eigenvalue weighted by Gasteiger charge is 2.27. The van der Waals surface area contributed by atoms with Crippen LogP contribution in [0.4, 0.5) is 0 Å². The van der Waals surface area contributed by atoms with Crippen molar-refractivity contribution in [2.45, 2.75) is 18.9 Å². The van der Waals surface area contributed by atoms with E-state index in [1.54, 1.807) is 40.2 Å². The molecule has 0 radical (unpaired) electrons. The topological polar surface area (TPSA) is 80.4 Å². The van der Waals surface area contributed by atoms with E-state index >= 15 is 0 Å². The van der Waals surface area contributed by atoms with Crippen molar-refractivity contribution in [3.05, 3.63) is 72.4 Å². The van der Waals surface area contributed by atoms with E-state index in [1.807, 2.05) is 24.3 Å². The number of furan rings is 1. The van der Waals surface area contributed by atoms with Crippen LogP contribution >= 0.6 is 0 Å². The van der Waals surface area contributed by atoms with Gasteiger partial charge < -0.3 is 14.6 Å². The molecule has 1 fully saturated rings. The molecular weight excluding hydrogens is 344 g/mol. The van der Waals surface area contributed by atoms with Gasteiger partial charge in [-0.1, -0.05) is 12.1 Å². The highest BCUT2D eigenvalue weighted by molar-refractivity contribution is 5.98. The van der Waals surface area contributed by atoms with Crippen molar-refractivity contribution in [1.82, 2.24) is 20.0 Å². The summed E-state index contributed by atoms with van der Waals surface area (Å²) in [5, 5.41) is 7.28. The fourth-order valence-corrected chi connectivity index (χ4v) is 3.38. The SMILES string of the molecule is O=C(NC1CCCN(C(=O)c2ccco2)C1)c1ccccc1-n1cccn1. The van der Waals surface area contributed by atoms with Gasteiger partial charge in [-0.3, -0.25) is 9.59 Å². The van der Waals surface area contributed by atoms with Crippen LogP contribution in [0, 0.1) is 0 Å². The van der Waals surface area contributed by atoms with Crippen LogP contribution in [0.25, 0.3) is 5.69 Å². The maximum Gasteiger partial charge on any atom is 0.289 e. The molecule has 1 atom stereocenters. The first-order valence-electron chi connectivity index (χ1n) is 8.95. The average Bonchev–Trinajstić information content (AvgIpc) is 3.41. The Bertz CT molecular complexity index is 919. The molecule has 138 valence electrons. The van der Waals surface area contributed by atoms with Crippen LogP contribution in [0.3, 0.4) is 0 Å². The first kappa shape index (κ1) is 17.1. The summed E-state index contributed by atoms with van der Waals surface area (Å²) in [6, 6.07) is 12.4. The van der Waals surface area contributed by atoms with E-state index in [0.717, 1.165) is 18.5 Å². The number of para-hydroxylation sites is 1. The smallest absolute Gasteiger partial charge is 0.289 e. The highest BCUT2D eigenvalue weighted by atomic mass is 16.3. The van der Waals surface area contributed by atoms with Crippen LogP contribution in [0.2, 0.25) is 0 Å². The van der Waals surface area contributed by atoms with Gasteiger partial charge in [-0.15, -0.1) is 0 Å².